The average Bonchev–Trinajstić information content (AvgIpc) is 2.04. The topological polar surface area (TPSA) is 0 Å². The van der Waals surface area contributed by atoms with Crippen molar-refractivity contribution in [1.82, 2.24) is 0 Å². The normalized spacial score (nSPS) is 15.4. The molecule has 1 unspecified atom stereocenters. The molecule has 62 valence electrons. The Morgan fingerprint density at radius 1 is 1.55 bits per heavy atom. The third-order valence-electron chi connectivity index (χ3n) is 1.52. The highest BCUT2D eigenvalue weighted by Gasteiger charge is 1.86. The lowest BCUT2D eigenvalue weighted by atomic mass is 10.3. The Hall–Kier alpha value is -0.350. The largest absolute Gasteiger partial charge is 0.0988 e. The summed E-state index contributed by atoms with van der Waals surface area (Å²) >= 11 is 0. The lowest BCUT2D eigenvalue weighted by molar-refractivity contribution is 1.50. The molecule has 11 heavy (non-hydrogen) atoms. The van der Waals surface area contributed by atoms with Crippen molar-refractivity contribution >= 4 is 7.92 Å². The van der Waals surface area contributed by atoms with Crippen LogP contribution < -0.4 is 0 Å². The first kappa shape index (κ1) is 10.7. The Bertz CT molecular complexity index is 166. The zero-order valence-electron chi connectivity index (χ0n) is 7.67. The van der Waals surface area contributed by atoms with Crippen LogP contribution in [0.1, 0.15) is 13.8 Å². The molecule has 0 aromatic heterocycles. The van der Waals surface area contributed by atoms with E-state index in [1.165, 1.54) is 11.7 Å². The van der Waals surface area contributed by atoms with Gasteiger partial charge in [0.25, 0.3) is 0 Å². The standard InChI is InChI=1S/C10H17P/c1-5-10(3)8-7-9-11(4)6-2/h5,7-9H,1,6H2,2-4H3/b9-7-,10-8-. The third kappa shape index (κ3) is 6.06. The van der Waals surface area contributed by atoms with Crippen molar-refractivity contribution < 1.29 is 0 Å². The Balaban J connectivity index is 3.84. The zero-order valence-corrected chi connectivity index (χ0v) is 8.57. The Labute approximate surface area is 71.5 Å². The first-order valence-electron chi connectivity index (χ1n) is 3.88. The van der Waals surface area contributed by atoms with E-state index in [0.29, 0.717) is 0 Å². The first-order valence-corrected chi connectivity index (χ1v) is 5.92. The van der Waals surface area contributed by atoms with E-state index in [0.717, 1.165) is 0 Å². The molecule has 0 aromatic rings. The van der Waals surface area contributed by atoms with Gasteiger partial charge in [0.2, 0.25) is 0 Å². The van der Waals surface area contributed by atoms with Crippen LogP contribution in [-0.2, 0) is 0 Å². The summed E-state index contributed by atoms with van der Waals surface area (Å²) in [6.07, 6.45) is 7.37. The van der Waals surface area contributed by atoms with Crippen molar-refractivity contribution in [2.75, 3.05) is 12.8 Å². The molecule has 0 nitrogen and oxygen atoms in total. The van der Waals surface area contributed by atoms with Gasteiger partial charge < -0.3 is 0 Å². The molecular weight excluding hydrogens is 151 g/mol. The molecule has 0 heterocycles. The van der Waals surface area contributed by atoms with Gasteiger partial charge in [0, 0.05) is 0 Å². The minimum Gasteiger partial charge on any atom is -0.0988 e. The maximum Gasteiger partial charge on any atom is -0.0322 e. The smallest absolute Gasteiger partial charge is 0.0322 e. The van der Waals surface area contributed by atoms with E-state index >= 15 is 0 Å². The summed E-state index contributed by atoms with van der Waals surface area (Å²) < 4.78 is 0. The molecule has 0 saturated carbocycles. The lowest BCUT2D eigenvalue weighted by Crippen LogP contribution is -1.68. The van der Waals surface area contributed by atoms with E-state index in [4.69, 9.17) is 0 Å². The van der Waals surface area contributed by atoms with E-state index < -0.39 is 0 Å². The van der Waals surface area contributed by atoms with Gasteiger partial charge in [-0.2, -0.15) is 0 Å². The van der Waals surface area contributed by atoms with E-state index in [-0.39, 0.29) is 7.92 Å². The molecule has 0 saturated heterocycles. The van der Waals surface area contributed by atoms with Gasteiger partial charge in [-0.3, -0.25) is 0 Å². The Morgan fingerprint density at radius 2 is 2.18 bits per heavy atom. The van der Waals surface area contributed by atoms with Crippen LogP contribution in [0.3, 0.4) is 0 Å². The van der Waals surface area contributed by atoms with Crippen molar-refractivity contribution in [3.63, 3.8) is 0 Å². The van der Waals surface area contributed by atoms with Crippen LogP contribution in [0.5, 0.6) is 0 Å². The van der Waals surface area contributed by atoms with E-state index in [1.807, 2.05) is 6.08 Å². The van der Waals surface area contributed by atoms with Gasteiger partial charge in [-0.05, 0) is 19.8 Å². The molecule has 1 atom stereocenters. The zero-order chi connectivity index (χ0) is 8.69. The summed E-state index contributed by atoms with van der Waals surface area (Å²) in [6, 6.07) is 0. The monoisotopic (exact) mass is 168 g/mol. The quantitative estimate of drug-likeness (QED) is 0.443. The summed E-state index contributed by atoms with van der Waals surface area (Å²) in [4.78, 5) is 0. The highest BCUT2D eigenvalue weighted by molar-refractivity contribution is 7.60. The van der Waals surface area contributed by atoms with Crippen molar-refractivity contribution in [2.45, 2.75) is 13.8 Å². The molecule has 0 fully saturated rings. The van der Waals surface area contributed by atoms with Crippen LogP contribution in [0.15, 0.2) is 36.2 Å². The molecule has 0 bridgehead atoms. The third-order valence-corrected chi connectivity index (χ3v) is 3.20. The highest BCUT2D eigenvalue weighted by Crippen LogP contribution is 2.30. The minimum atomic E-state index is 0.127. The van der Waals surface area contributed by atoms with Gasteiger partial charge in [0.15, 0.2) is 0 Å². The Kier molecular flexibility index (Phi) is 6.16. The molecular formula is C10H17P. The molecule has 0 spiro atoms. The van der Waals surface area contributed by atoms with Crippen molar-refractivity contribution in [1.29, 1.82) is 0 Å². The fourth-order valence-corrected chi connectivity index (χ4v) is 1.11. The van der Waals surface area contributed by atoms with Crippen molar-refractivity contribution in [2.24, 2.45) is 0 Å². The summed E-state index contributed by atoms with van der Waals surface area (Å²) in [5, 5.41) is 0. The summed E-state index contributed by atoms with van der Waals surface area (Å²) in [5.74, 6) is 2.28. The van der Waals surface area contributed by atoms with Crippen LogP contribution in [0.4, 0.5) is 0 Å². The van der Waals surface area contributed by atoms with Crippen LogP contribution in [-0.4, -0.2) is 12.8 Å². The van der Waals surface area contributed by atoms with Crippen LogP contribution >= 0.6 is 7.92 Å². The fourth-order valence-electron chi connectivity index (χ4n) is 0.515. The first-order chi connectivity index (χ1) is 5.20. The average molecular weight is 168 g/mol. The van der Waals surface area contributed by atoms with Gasteiger partial charge in [0.1, 0.15) is 0 Å². The van der Waals surface area contributed by atoms with Gasteiger partial charge in [-0.15, -0.1) is 0 Å². The molecule has 0 aromatic carbocycles. The Morgan fingerprint density at radius 3 is 2.64 bits per heavy atom. The van der Waals surface area contributed by atoms with Gasteiger partial charge in [-0.25, -0.2) is 0 Å². The lowest BCUT2D eigenvalue weighted by Gasteiger charge is -1.98. The number of rotatable bonds is 4. The highest BCUT2D eigenvalue weighted by atomic mass is 31.1. The van der Waals surface area contributed by atoms with Crippen LogP contribution in [0, 0.1) is 0 Å². The minimum absolute atomic E-state index is 0.127. The van der Waals surface area contributed by atoms with Gasteiger partial charge >= 0.3 is 0 Å². The molecule has 1 heteroatoms. The fraction of sp³-hybridized carbons (Fsp3) is 0.400. The summed E-state index contributed by atoms with van der Waals surface area (Å²) in [5.41, 5.74) is 1.22. The predicted octanol–water partition coefficient (Wildman–Crippen LogP) is 3.76. The van der Waals surface area contributed by atoms with Crippen LogP contribution in [0.25, 0.3) is 0 Å². The maximum atomic E-state index is 3.68. The second-order valence-corrected chi connectivity index (χ2v) is 4.97. The van der Waals surface area contributed by atoms with Crippen molar-refractivity contribution in [3.8, 4) is 0 Å². The molecule has 0 aliphatic carbocycles. The summed E-state index contributed by atoms with van der Waals surface area (Å²) in [6.45, 7) is 10.2. The van der Waals surface area contributed by atoms with Gasteiger partial charge in [-0.1, -0.05) is 51.0 Å². The van der Waals surface area contributed by atoms with Gasteiger partial charge in [0.05, 0.1) is 0 Å². The molecule has 0 aliphatic heterocycles. The van der Waals surface area contributed by atoms with Crippen molar-refractivity contribution in [3.05, 3.63) is 36.2 Å². The summed E-state index contributed by atoms with van der Waals surface area (Å²) in [7, 11) is 0.127. The molecule has 0 amide bonds. The second kappa shape index (κ2) is 6.37. The second-order valence-electron chi connectivity index (χ2n) is 2.53. The van der Waals surface area contributed by atoms with E-state index in [9.17, 15) is 0 Å². The predicted molar refractivity (Wildman–Crippen MR) is 56.5 cm³/mol. The van der Waals surface area contributed by atoms with E-state index in [1.54, 1.807) is 0 Å². The van der Waals surface area contributed by atoms with E-state index in [2.05, 4.69) is 45.1 Å². The number of allylic oxidation sites excluding steroid dienone is 4. The van der Waals surface area contributed by atoms with Crippen LogP contribution in [0.2, 0.25) is 0 Å². The number of hydrogen-bond donors (Lipinski definition) is 0. The molecule has 0 radical (unpaired) electrons. The number of hydrogen-bond acceptors (Lipinski definition) is 0. The molecule has 0 aliphatic rings. The molecule has 0 N–H and O–H groups in total. The SMILES string of the molecule is C=C/C(C)=C\C=C/P(C)CC. The molecule has 0 rings (SSSR count). The maximum absolute atomic E-state index is 3.68.